The van der Waals surface area contributed by atoms with Crippen LogP contribution in [-0.4, -0.2) is 12.7 Å². The van der Waals surface area contributed by atoms with Gasteiger partial charge in [-0.25, -0.2) is 0 Å². The average Bonchev–Trinajstić information content (AvgIpc) is 2.85. The molecule has 128 valence electrons. The predicted octanol–water partition coefficient (Wildman–Crippen LogP) is 5.82. The average molecular weight is 389 g/mol. The normalized spacial score (nSPS) is 18.2. The minimum atomic E-state index is -0.285. The lowest BCUT2D eigenvalue weighted by Gasteiger charge is -2.27. The van der Waals surface area contributed by atoms with Crippen molar-refractivity contribution in [3.63, 3.8) is 0 Å². The third kappa shape index (κ3) is 2.54. The van der Waals surface area contributed by atoms with Crippen molar-refractivity contribution < 1.29 is 9.47 Å². The smallest absolute Gasteiger partial charge is 0.127 e. The summed E-state index contributed by atoms with van der Waals surface area (Å²) < 4.78 is 12.2. The first-order chi connectivity index (χ1) is 11.3. The molecule has 2 nitrogen and oxygen atoms in total. The van der Waals surface area contributed by atoms with Gasteiger partial charge in [-0.2, -0.15) is 0 Å². The minimum absolute atomic E-state index is 0.199. The van der Waals surface area contributed by atoms with E-state index in [1.54, 1.807) is 7.11 Å². The molecular formula is C21H25BrO2. The Labute approximate surface area is 153 Å². The van der Waals surface area contributed by atoms with Gasteiger partial charge in [0.2, 0.25) is 0 Å². The summed E-state index contributed by atoms with van der Waals surface area (Å²) >= 11 is 3.52. The van der Waals surface area contributed by atoms with E-state index >= 15 is 0 Å². The largest absolute Gasteiger partial charge is 0.496 e. The molecule has 2 aromatic carbocycles. The van der Waals surface area contributed by atoms with E-state index in [0.717, 1.165) is 16.8 Å². The molecule has 1 aliphatic heterocycles. The molecule has 3 rings (SSSR count). The summed E-state index contributed by atoms with van der Waals surface area (Å²) in [7, 11) is 1.75. The molecule has 0 N–H and O–H groups in total. The number of halogens is 1. The van der Waals surface area contributed by atoms with Crippen molar-refractivity contribution in [2.75, 3.05) is 7.11 Å². The molecule has 1 heterocycles. The van der Waals surface area contributed by atoms with Crippen LogP contribution in [0.2, 0.25) is 0 Å². The fraction of sp³-hybridized carbons (Fsp3) is 0.429. The van der Waals surface area contributed by atoms with Gasteiger partial charge in [-0.05, 0) is 62.4 Å². The van der Waals surface area contributed by atoms with Crippen LogP contribution < -0.4 is 9.47 Å². The van der Waals surface area contributed by atoms with Crippen molar-refractivity contribution in [3.8, 4) is 11.5 Å². The van der Waals surface area contributed by atoms with E-state index in [4.69, 9.17) is 9.47 Å². The van der Waals surface area contributed by atoms with E-state index in [-0.39, 0.29) is 11.5 Å². The zero-order valence-corrected chi connectivity index (χ0v) is 16.9. The van der Waals surface area contributed by atoms with Crippen LogP contribution in [0.3, 0.4) is 0 Å². The number of hydrogen-bond donors (Lipinski definition) is 0. The molecule has 0 spiro atoms. The third-order valence-electron chi connectivity index (χ3n) is 5.25. The number of alkyl halides is 1. The van der Waals surface area contributed by atoms with Gasteiger partial charge in [-0.15, -0.1) is 0 Å². The predicted molar refractivity (Wildman–Crippen MR) is 103 cm³/mol. The molecule has 1 atom stereocenters. The van der Waals surface area contributed by atoms with Gasteiger partial charge in [0, 0.05) is 10.9 Å². The van der Waals surface area contributed by atoms with Crippen molar-refractivity contribution >= 4 is 15.9 Å². The van der Waals surface area contributed by atoms with Crippen molar-refractivity contribution in [2.24, 2.45) is 0 Å². The number of ether oxygens (including phenoxy) is 2. The molecule has 0 fully saturated rings. The molecule has 2 aromatic rings. The first kappa shape index (κ1) is 17.3. The number of hydrogen-bond acceptors (Lipinski definition) is 2. The molecule has 0 saturated heterocycles. The maximum atomic E-state index is 6.45. The second-order valence-corrected chi connectivity index (χ2v) is 7.73. The van der Waals surface area contributed by atoms with Crippen molar-refractivity contribution in [1.82, 2.24) is 0 Å². The molecule has 0 aromatic heterocycles. The van der Waals surface area contributed by atoms with Gasteiger partial charge in [0.05, 0.1) is 13.0 Å². The van der Waals surface area contributed by atoms with Gasteiger partial charge in [0.15, 0.2) is 0 Å². The highest BCUT2D eigenvalue weighted by Crippen LogP contribution is 2.53. The molecule has 3 heteroatoms. The van der Waals surface area contributed by atoms with E-state index in [1.165, 1.54) is 33.4 Å². The quantitative estimate of drug-likeness (QED) is 0.616. The lowest BCUT2D eigenvalue weighted by Crippen LogP contribution is -2.31. The van der Waals surface area contributed by atoms with Crippen LogP contribution in [0.1, 0.15) is 53.1 Å². The summed E-state index contributed by atoms with van der Waals surface area (Å²) in [6.45, 7) is 10.7. The van der Waals surface area contributed by atoms with Crippen LogP contribution in [0.15, 0.2) is 24.3 Å². The lowest BCUT2D eigenvalue weighted by atomic mass is 9.78. The summed E-state index contributed by atoms with van der Waals surface area (Å²) in [6, 6.07) is 8.82. The van der Waals surface area contributed by atoms with Gasteiger partial charge < -0.3 is 9.47 Å². The summed E-state index contributed by atoms with van der Waals surface area (Å²) in [5.74, 6) is 2.21. The Kier molecular flexibility index (Phi) is 4.41. The van der Waals surface area contributed by atoms with Crippen LogP contribution in [0.4, 0.5) is 0 Å². The molecule has 0 amide bonds. The maximum absolute atomic E-state index is 6.45. The molecule has 1 unspecified atom stereocenters. The lowest BCUT2D eigenvalue weighted by molar-refractivity contribution is 0.121. The Bertz CT molecular complexity index is 776. The first-order valence-electron chi connectivity index (χ1n) is 8.33. The molecule has 0 bridgehead atoms. The van der Waals surface area contributed by atoms with Crippen LogP contribution in [0, 0.1) is 20.8 Å². The maximum Gasteiger partial charge on any atom is 0.127 e. The fourth-order valence-electron chi connectivity index (χ4n) is 3.94. The Morgan fingerprint density at radius 2 is 1.67 bits per heavy atom. The van der Waals surface area contributed by atoms with Gasteiger partial charge in [0.1, 0.15) is 17.1 Å². The van der Waals surface area contributed by atoms with Crippen LogP contribution >= 0.6 is 15.9 Å². The summed E-state index contributed by atoms with van der Waals surface area (Å²) in [5, 5.41) is 0.875. The number of fused-ring (bicyclic) bond motifs is 1. The fourth-order valence-corrected chi connectivity index (χ4v) is 4.31. The first-order valence-corrected chi connectivity index (χ1v) is 9.45. The number of methoxy groups -OCH3 is 1. The van der Waals surface area contributed by atoms with E-state index in [0.29, 0.717) is 0 Å². The standard InChI is InChI=1S/C21H25BrO2/c1-12-13(2)20-17(14(3)19(12)23-6)18(21(4,5)24-20)16-9-7-15(11-22)8-10-16/h7-10,18H,11H2,1-6H3. The Morgan fingerprint density at radius 1 is 1.04 bits per heavy atom. The molecule has 1 aliphatic rings. The van der Waals surface area contributed by atoms with E-state index in [2.05, 4.69) is 74.8 Å². The second kappa shape index (κ2) is 6.11. The Hall–Kier alpha value is -1.48. The second-order valence-electron chi connectivity index (χ2n) is 7.16. The van der Waals surface area contributed by atoms with Gasteiger partial charge in [-0.1, -0.05) is 40.2 Å². The molecule has 0 saturated carbocycles. The highest BCUT2D eigenvalue weighted by molar-refractivity contribution is 9.08. The van der Waals surface area contributed by atoms with Crippen molar-refractivity contribution in [1.29, 1.82) is 0 Å². The van der Waals surface area contributed by atoms with E-state index in [1.807, 2.05) is 0 Å². The summed E-state index contributed by atoms with van der Waals surface area (Å²) in [6.07, 6.45) is 0. The number of benzene rings is 2. The van der Waals surface area contributed by atoms with Crippen LogP contribution in [-0.2, 0) is 5.33 Å². The zero-order valence-electron chi connectivity index (χ0n) is 15.3. The molecule has 0 aliphatic carbocycles. The topological polar surface area (TPSA) is 18.5 Å². The van der Waals surface area contributed by atoms with Crippen LogP contribution in [0.5, 0.6) is 11.5 Å². The van der Waals surface area contributed by atoms with Crippen LogP contribution in [0.25, 0.3) is 0 Å². The van der Waals surface area contributed by atoms with Gasteiger partial charge >= 0.3 is 0 Å². The molecule has 0 radical (unpaired) electrons. The SMILES string of the molecule is COc1c(C)c(C)c2c(c1C)C(c1ccc(CBr)cc1)C(C)(C)O2. The van der Waals surface area contributed by atoms with Gasteiger partial charge in [0.25, 0.3) is 0 Å². The minimum Gasteiger partial charge on any atom is -0.496 e. The summed E-state index contributed by atoms with van der Waals surface area (Å²) in [5.41, 5.74) is 7.09. The van der Waals surface area contributed by atoms with Crippen molar-refractivity contribution in [3.05, 3.63) is 57.6 Å². The monoisotopic (exact) mass is 388 g/mol. The van der Waals surface area contributed by atoms with E-state index < -0.39 is 0 Å². The molecular weight excluding hydrogens is 364 g/mol. The molecule has 24 heavy (non-hydrogen) atoms. The Balaban J connectivity index is 2.24. The zero-order chi connectivity index (χ0) is 17.6. The highest BCUT2D eigenvalue weighted by Gasteiger charge is 2.45. The van der Waals surface area contributed by atoms with Crippen molar-refractivity contribution in [2.45, 2.75) is 51.5 Å². The number of rotatable bonds is 3. The third-order valence-corrected chi connectivity index (χ3v) is 5.90. The summed E-state index contributed by atoms with van der Waals surface area (Å²) in [4.78, 5) is 0. The van der Waals surface area contributed by atoms with E-state index in [9.17, 15) is 0 Å². The van der Waals surface area contributed by atoms with Gasteiger partial charge in [-0.3, -0.25) is 0 Å². The highest BCUT2D eigenvalue weighted by atomic mass is 79.9. The Morgan fingerprint density at radius 3 is 2.21 bits per heavy atom.